The second kappa shape index (κ2) is 6.62. The predicted molar refractivity (Wildman–Crippen MR) is 71.7 cm³/mol. The molecule has 0 spiro atoms. The molecule has 0 aliphatic rings. The summed E-state index contributed by atoms with van der Waals surface area (Å²) in [4.78, 5) is 4.21. The Bertz CT molecular complexity index is 480. The van der Waals surface area contributed by atoms with Gasteiger partial charge in [0, 0.05) is 16.5 Å². The number of rotatable bonds is 2. The third-order valence-corrected chi connectivity index (χ3v) is 2.60. The molecule has 0 aliphatic heterocycles. The van der Waals surface area contributed by atoms with E-state index in [1.165, 1.54) is 0 Å². The maximum Gasteiger partial charge on any atom is 0.155 e. The lowest BCUT2D eigenvalue weighted by atomic mass is 10.1. The summed E-state index contributed by atoms with van der Waals surface area (Å²) in [6.07, 6.45) is 0.587. The van der Waals surface area contributed by atoms with E-state index in [-0.39, 0.29) is 0 Å². The van der Waals surface area contributed by atoms with Gasteiger partial charge in [0.25, 0.3) is 0 Å². The van der Waals surface area contributed by atoms with E-state index in [0.29, 0.717) is 16.5 Å². The van der Waals surface area contributed by atoms with Crippen molar-refractivity contribution < 1.29 is 0 Å². The van der Waals surface area contributed by atoms with Gasteiger partial charge in [0.15, 0.2) is 5.82 Å². The summed E-state index contributed by atoms with van der Waals surface area (Å²) in [6.45, 7) is 5.86. The summed E-state index contributed by atoms with van der Waals surface area (Å²) >= 11 is 11.9. The quantitative estimate of drug-likeness (QED) is 0.896. The summed E-state index contributed by atoms with van der Waals surface area (Å²) in [6, 6.07) is 5.37. The van der Waals surface area contributed by atoms with Crippen LogP contribution in [0.1, 0.15) is 31.1 Å². The predicted octanol–water partition coefficient (Wildman–Crippen LogP) is 4.04. The van der Waals surface area contributed by atoms with Crippen LogP contribution in [-0.2, 0) is 6.42 Å². The van der Waals surface area contributed by atoms with Gasteiger partial charge < -0.3 is 0 Å². The highest BCUT2D eigenvalue weighted by Crippen LogP contribution is 2.22. The molecule has 0 atom stereocenters. The van der Waals surface area contributed by atoms with Gasteiger partial charge in [-0.3, -0.25) is 5.10 Å². The minimum absolute atomic E-state index is 0.587. The summed E-state index contributed by atoms with van der Waals surface area (Å²) in [5.74, 6) is 1.51. The molecule has 1 aromatic carbocycles. The molecule has 3 nitrogen and oxygen atoms in total. The number of H-pyrrole nitrogens is 1. The number of nitrogens with one attached hydrogen (secondary N) is 1. The Kier molecular flexibility index (Phi) is 5.45. The molecule has 1 N–H and O–H groups in total. The highest BCUT2D eigenvalue weighted by Gasteiger charge is 2.06. The Balaban J connectivity index is 0.000000686. The fourth-order valence-electron chi connectivity index (χ4n) is 1.32. The topological polar surface area (TPSA) is 41.6 Å². The normalized spacial score (nSPS) is 9.71. The van der Waals surface area contributed by atoms with Gasteiger partial charge in [-0.05, 0) is 30.7 Å². The highest BCUT2D eigenvalue weighted by molar-refractivity contribution is 6.33. The van der Waals surface area contributed by atoms with Crippen molar-refractivity contribution in [3.05, 3.63) is 45.5 Å². The molecule has 1 heterocycles. The van der Waals surface area contributed by atoms with E-state index in [1.54, 1.807) is 12.1 Å². The summed E-state index contributed by atoms with van der Waals surface area (Å²) in [7, 11) is 0. The van der Waals surface area contributed by atoms with Gasteiger partial charge in [-0.2, -0.15) is 5.10 Å². The van der Waals surface area contributed by atoms with Crippen molar-refractivity contribution >= 4 is 23.2 Å². The van der Waals surface area contributed by atoms with Crippen molar-refractivity contribution in [2.75, 3.05) is 0 Å². The molecule has 92 valence electrons. The molecule has 0 fully saturated rings. The van der Waals surface area contributed by atoms with Crippen LogP contribution in [0, 0.1) is 6.92 Å². The Labute approximate surface area is 111 Å². The van der Waals surface area contributed by atoms with E-state index in [1.807, 2.05) is 26.8 Å². The number of halogens is 2. The second-order valence-electron chi connectivity index (χ2n) is 3.25. The lowest BCUT2D eigenvalue weighted by Gasteiger charge is -2.01. The summed E-state index contributed by atoms with van der Waals surface area (Å²) < 4.78 is 0. The van der Waals surface area contributed by atoms with Crippen molar-refractivity contribution in [3.63, 3.8) is 0 Å². The number of benzene rings is 1. The zero-order chi connectivity index (χ0) is 12.8. The molecule has 2 aromatic rings. The first kappa shape index (κ1) is 14.0. The molecule has 0 saturated heterocycles. The Hall–Kier alpha value is -1.06. The first-order valence-corrected chi connectivity index (χ1v) is 6.22. The smallest absolute Gasteiger partial charge is 0.155 e. The van der Waals surface area contributed by atoms with Gasteiger partial charge in [-0.15, -0.1) is 0 Å². The van der Waals surface area contributed by atoms with Crippen molar-refractivity contribution in [2.45, 2.75) is 27.2 Å². The first-order chi connectivity index (χ1) is 8.15. The van der Waals surface area contributed by atoms with Crippen molar-refractivity contribution in [1.29, 1.82) is 0 Å². The van der Waals surface area contributed by atoms with E-state index in [4.69, 9.17) is 23.2 Å². The Morgan fingerprint density at radius 2 is 1.94 bits per heavy atom. The van der Waals surface area contributed by atoms with Gasteiger partial charge in [0.1, 0.15) is 5.82 Å². The fourth-order valence-corrected chi connectivity index (χ4v) is 1.70. The standard InChI is InChI=1S/C10H9Cl2N3.C2H6/c1-6-13-10(15-14-6)5-7-4-8(11)2-3-9(7)12;1-2/h2-4H,5H2,1H3,(H,13,14,15);1-2H3. The molecule has 0 radical (unpaired) electrons. The van der Waals surface area contributed by atoms with Crippen LogP contribution in [0.4, 0.5) is 0 Å². The molecule has 0 saturated carbocycles. The van der Waals surface area contributed by atoms with Crippen LogP contribution in [0.3, 0.4) is 0 Å². The molecule has 0 unspecified atom stereocenters. The number of hydrogen-bond acceptors (Lipinski definition) is 2. The molecule has 1 aromatic heterocycles. The van der Waals surface area contributed by atoms with E-state index in [2.05, 4.69) is 15.2 Å². The minimum atomic E-state index is 0.587. The van der Waals surface area contributed by atoms with Gasteiger partial charge in [-0.25, -0.2) is 4.98 Å². The number of aromatic amines is 1. The van der Waals surface area contributed by atoms with E-state index >= 15 is 0 Å². The second-order valence-corrected chi connectivity index (χ2v) is 4.09. The third-order valence-electron chi connectivity index (χ3n) is 2.00. The van der Waals surface area contributed by atoms with E-state index in [0.717, 1.165) is 17.2 Å². The lowest BCUT2D eigenvalue weighted by molar-refractivity contribution is 0.970. The molecule has 2 rings (SSSR count). The first-order valence-electron chi connectivity index (χ1n) is 5.47. The summed E-state index contributed by atoms with van der Waals surface area (Å²) in [5.41, 5.74) is 0.933. The van der Waals surface area contributed by atoms with Crippen LogP contribution in [0.2, 0.25) is 10.0 Å². The van der Waals surface area contributed by atoms with Crippen molar-refractivity contribution in [1.82, 2.24) is 15.2 Å². The average Bonchev–Trinajstić information content (AvgIpc) is 2.72. The number of aryl methyl sites for hydroxylation is 1. The zero-order valence-corrected chi connectivity index (χ0v) is 11.6. The van der Waals surface area contributed by atoms with E-state index < -0.39 is 0 Å². The molecule has 0 aliphatic carbocycles. The monoisotopic (exact) mass is 271 g/mol. The highest BCUT2D eigenvalue weighted by atomic mass is 35.5. The average molecular weight is 272 g/mol. The van der Waals surface area contributed by atoms with Gasteiger partial charge in [0.2, 0.25) is 0 Å². The van der Waals surface area contributed by atoms with Crippen molar-refractivity contribution in [2.24, 2.45) is 0 Å². The maximum absolute atomic E-state index is 6.03. The van der Waals surface area contributed by atoms with E-state index in [9.17, 15) is 0 Å². The number of nitrogens with zero attached hydrogens (tertiary/aromatic N) is 2. The molecular formula is C12H15Cl2N3. The molecule has 17 heavy (non-hydrogen) atoms. The SMILES string of the molecule is CC.Cc1nc(Cc2cc(Cl)ccc2Cl)n[nH]1. The minimum Gasteiger partial charge on any atom is -0.263 e. The lowest BCUT2D eigenvalue weighted by Crippen LogP contribution is -1.92. The fraction of sp³-hybridized carbons (Fsp3) is 0.333. The zero-order valence-electron chi connectivity index (χ0n) is 10.1. The Morgan fingerprint density at radius 3 is 2.53 bits per heavy atom. The van der Waals surface area contributed by atoms with Crippen molar-refractivity contribution in [3.8, 4) is 0 Å². The molecule has 0 amide bonds. The molecular weight excluding hydrogens is 257 g/mol. The summed E-state index contributed by atoms with van der Waals surface area (Å²) in [5, 5.41) is 8.18. The molecule has 5 heteroatoms. The van der Waals surface area contributed by atoms with Crippen LogP contribution < -0.4 is 0 Å². The van der Waals surface area contributed by atoms with Crippen LogP contribution >= 0.6 is 23.2 Å². The maximum atomic E-state index is 6.03. The van der Waals surface area contributed by atoms with Crippen LogP contribution in [-0.4, -0.2) is 15.2 Å². The van der Waals surface area contributed by atoms with Gasteiger partial charge >= 0.3 is 0 Å². The number of hydrogen-bond donors (Lipinski definition) is 1. The van der Waals surface area contributed by atoms with Crippen LogP contribution in [0.5, 0.6) is 0 Å². The Morgan fingerprint density at radius 1 is 1.24 bits per heavy atom. The van der Waals surface area contributed by atoms with Crippen LogP contribution in [0.25, 0.3) is 0 Å². The van der Waals surface area contributed by atoms with Gasteiger partial charge in [0.05, 0.1) is 0 Å². The third kappa shape index (κ3) is 4.02. The largest absolute Gasteiger partial charge is 0.263 e. The van der Waals surface area contributed by atoms with Crippen LogP contribution in [0.15, 0.2) is 18.2 Å². The molecule has 0 bridgehead atoms. The van der Waals surface area contributed by atoms with Gasteiger partial charge in [-0.1, -0.05) is 37.0 Å². The number of aromatic nitrogens is 3.